The molecule has 0 aromatic heterocycles. The van der Waals surface area contributed by atoms with Crippen molar-refractivity contribution in [2.75, 3.05) is 13.6 Å². The van der Waals surface area contributed by atoms with Gasteiger partial charge >= 0.3 is 0 Å². The van der Waals surface area contributed by atoms with Crippen LogP contribution in [0, 0.1) is 11.6 Å². The Kier molecular flexibility index (Phi) is 3.83. The van der Waals surface area contributed by atoms with Crippen molar-refractivity contribution in [1.29, 1.82) is 0 Å². The van der Waals surface area contributed by atoms with Gasteiger partial charge in [-0.25, -0.2) is 8.78 Å². The highest BCUT2D eigenvalue weighted by atomic mass is 35.5. The van der Waals surface area contributed by atoms with Crippen molar-refractivity contribution >= 4 is 11.6 Å². The van der Waals surface area contributed by atoms with Crippen molar-refractivity contribution in [3.05, 3.63) is 53.6 Å². The Morgan fingerprint density at radius 2 is 2.00 bits per heavy atom. The summed E-state index contributed by atoms with van der Waals surface area (Å²) >= 11 is 6.39. The first-order valence-electron chi connectivity index (χ1n) is 6.65. The molecule has 3 rings (SSSR count). The maximum atomic E-state index is 14.0. The molecule has 0 saturated carbocycles. The summed E-state index contributed by atoms with van der Waals surface area (Å²) in [6.07, 6.45) is -0.232. The minimum atomic E-state index is -0.490. The first-order chi connectivity index (χ1) is 10.1. The fourth-order valence-corrected chi connectivity index (χ4v) is 2.89. The molecule has 2 aromatic carbocycles. The molecule has 0 bridgehead atoms. The smallest absolute Gasteiger partial charge is 0.132 e. The molecule has 2 aromatic rings. The lowest BCUT2D eigenvalue weighted by atomic mass is 10.00. The third-order valence-electron chi connectivity index (χ3n) is 3.56. The summed E-state index contributed by atoms with van der Waals surface area (Å²) in [6.45, 7) is 0.577. The lowest BCUT2D eigenvalue weighted by molar-refractivity contribution is 0.227. The van der Waals surface area contributed by atoms with Gasteiger partial charge in [0.25, 0.3) is 0 Å². The molecule has 110 valence electrons. The Bertz CT molecular complexity index is 677. The van der Waals surface area contributed by atoms with E-state index in [1.807, 2.05) is 13.1 Å². The van der Waals surface area contributed by atoms with Gasteiger partial charge < -0.3 is 10.1 Å². The predicted molar refractivity (Wildman–Crippen MR) is 78.7 cm³/mol. The third-order valence-corrected chi connectivity index (χ3v) is 4.08. The van der Waals surface area contributed by atoms with Crippen LogP contribution < -0.4 is 10.1 Å². The molecule has 1 heterocycles. The van der Waals surface area contributed by atoms with Crippen LogP contribution in [-0.2, 0) is 0 Å². The normalized spacial score (nSPS) is 20.2. The molecule has 0 spiro atoms. The van der Waals surface area contributed by atoms with Crippen molar-refractivity contribution in [1.82, 2.24) is 5.32 Å². The third kappa shape index (κ3) is 2.49. The maximum absolute atomic E-state index is 14.0. The summed E-state index contributed by atoms with van der Waals surface area (Å²) in [6, 6.07) is 8.71. The highest BCUT2D eigenvalue weighted by Crippen LogP contribution is 2.46. The molecular weight excluding hydrogens is 296 g/mol. The number of hydrogen-bond acceptors (Lipinski definition) is 2. The summed E-state index contributed by atoms with van der Waals surface area (Å²) in [5.41, 5.74) is 1.51. The van der Waals surface area contributed by atoms with Crippen molar-refractivity contribution in [3.8, 4) is 16.9 Å². The Morgan fingerprint density at radius 1 is 1.19 bits per heavy atom. The highest BCUT2D eigenvalue weighted by molar-refractivity contribution is 6.22. The number of fused-ring (bicyclic) bond motifs is 1. The van der Waals surface area contributed by atoms with Gasteiger partial charge in [0.1, 0.15) is 28.9 Å². The number of nitrogens with one attached hydrogen (secondary N) is 1. The van der Waals surface area contributed by atoms with Crippen LogP contribution >= 0.6 is 11.6 Å². The molecule has 2 nitrogen and oxygen atoms in total. The van der Waals surface area contributed by atoms with Crippen LogP contribution in [0.15, 0.2) is 36.4 Å². The van der Waals surface area contributed by atoms with E-state index in [0.717, 1.165) is 17.7 Å². The predicted octanol–water partition coefficient (Wildman–Crippen LogP) is 3.89. The average molecular weight is 310 g/mol. The molecule has 0 amide bonds. The van der Waals surface area contributed by atoms with Gasteiger partial charge in [0.2, 0.25) is 0 Å². The van der Waals surface area contributed by atoms with Crippen LogP contribution in [0.3, 0.4) is 0 Å². The minimum absolute atomic E-state index is 0.181. The second-order valence-electron chi connectivity index (χ2n) is 4.96. The molecule has 0 radical (unpaired) electrons. The molecule has 21 heavy (non-hydrogen) atoms. The fourth-order valence-electron chi connectivity index (χ4n) is 2.58. The summed E-state index contributed by atoms with van der Waals surface area (Å²) in [5, 5.41) is 2.70. The Morgan fingerprint density at radius 3 is 2.76 bits per heavy atom. The second-order valence-corrected chi connectivity index (χ2v) is 5.43. The fraction of sp³-hybridized carbons (Fsp3) is 0.250. The molecule has 1 unspecified atom stereocenters. The largest absolute Gasteiger partial charge is 0.486 e. The van der Waals surface area contributed by atoms with Gasteiger partial charge in [-0.05, 0) is 25.2 Å². The lowest BCUT2D eigenvalue weighted by Crippen LogP contribution is -2.28. The van der Waals surface area contributed by atoms with E-state index in [1.54, 1.807) is 12.1 Å². The van der Waals surface area contributed by atoms with Gasteiger partial charge in [0.15, 0.2) is 0 Å². The number of ether oxygens (including phenoxy) is 1. The number of benzene rings is 2. The zero-order chi connectivity index (χ0) is 15.0. The molecule has 5 heteroatoms. The van der Waals surface area contributed by atoms with Crippen molar-refractivity contribution in [3.63, 3.8) is 0 Å². The van der Waals surface area contributed by atoms with E-state index < -0.39 is 11.6 Å². The summed E-state index contributed by atoms with van der Waals surface area (Å²) in [4.78, 5) is 0. The van der Waals surface area contributed by atoms with Crippen LogP contribution in [0.1, 0.15) is 10.9 Å². The standard InChI is InChI=1S/C16H14ClF2NO/c1-20-8-14-15(17)11-4-2-3-10(16(11)21-14)12-7-9(18)5-6-13(12)19/h2-7,14-15,20H,8H2,1H3/t14?,15-/m0/s1. The highest BCUT2D eigenvalue weighted by Gasteiger charge is 2.34. The minimum Gasteiger partial charge on any atom is -0.486 e. The van der Waals surface area contributed by atoms with E-state index in [0.29, 0.717) is 17.9 Å². The number of hydrogen-bond donors (Lipinski definition) is 1. The lowest BCUT2D eigenvalue weighted by Gasteiger charge is -2.13. The van der Waals surface area contributed by atoms with Crippen LogP contribution in [0.5, 0.6) is 5.75 Å². The number of rotatable bonds is 3. The second kappa shape index (κ2) is 5.62. The number of halogens is 3. The Labute approximate surface area is 126 Å². The number of para-hydroxylation sites is 1. The zero-order valence-corrected chi connectivity index (χ0v) is 12.1. The van der Waals surface area contributed by atoms with E-state index in [2.05, 4.69) is 5.32 Å². The van der Waals surface area contributed by atoms with Gasteiger partial charge in [-0.15, -0.1) is 11.6 Å². The molecule has 0 saturated heterocycles. The summed E-state index contributed by atoms with van der Waals surface area (Å²) in [7, 11) is 1.81. The Hall–Kier alpha value is -1.65. The van der Waals surface area contributed by atoms with Crippen LogP contribution in [0.4, 0.5) is 8.78 Å². The van der Waals surface area contributed by atoms with Crippen molar-refractivity contribution in [2.45, 2.75) is 11.5 Å². The van der Waals surface area contributed by atoms with E-state index in [1.165, 1.54) is 6.07 Å². The van der Waals surface area contributed by atoms with Crippen molar-refractivity contribution in [2.24, 2.45) is 0 Å². The van der Waals surface area contributed by atoms with Crippen molar-refractivity contribution < 1.29 is 13.5 Å². The van der Waals surface area contributed by atoms with Gasteiger partial charge in [-0.1, -0.05) is 18.2 Å². The molecule has 0 fully saturated rings. The Balaban J connectivity index is 2.10. The molecule has 1 aliphatic heterocycles. The maximum Gasteiger partial charge on any atom is 0.132 e. The van der Waals surface area contributed by atoms with E-state index in [4.69, 9.17) is 16.3 Å². The van der Waals surface area contributed by atoms with Gasteiger partial charge in [-0.3, -0.25) is 0 Å². The van der Waals surface area contributed by atoms with E-state index in [-0.39, 0.29) is 17.0 Å². The summed E-state index contributed by atoms with van der Waals surface area (Å²) in [5.74, 6) is -0.449. The van der Waals surface area contributed by atoms with Gasteiger partial charge in [0.05, 0.1) is 0 Å². The van der Waals surface area contributed by atoms with Crippen LogP contribution in [0.2, 0.25) is 0 Å². The van der Waals surface area contributed by atoms with Crippen LogP contribution in [0.25, 0.3) is 11.1 Å². The monoisotopic (exact) mass is 309 g/mol. The van der Waals surface area contributed by atoms with E-state index >= 15 is 0 Å². The molecule has 0 aliphatic carbocycles. The van der Waals surface area contributed by atoms with Gasteiger partial charge in [0, 0.05) is 23.2 Å². The quantitative estimate of drug-likeness (QED) is 0.869. The molecule has 2 atom stereocenters. The van der Waals surface area contributed by atoms with Gasteiger partial charge in [-0.2, -0.15) is 0 Å². The first kappa shape index (κ1) is 14.3. The SMILES string of the molecule is CNCC1Oc2c(-c3cc(F)ccc3F)cccc2[C@@H]1Cl. The zero-order valence-electron chi connectivity index (χ0n) is 11.4. The topological polar surface area (TPSA) is 21.3 Å². The molecular formula is C16H14ClF2NO. The molecule has 1 aliphatic rings. The average Bonchev–Trinajstić information content (AvgIpc) is 2.79. The first-order valence-corrected chi connectivity index (χ1v) is 7.09. The summed E-state index contributed by atoms with van der Waals surface area (Å²) < 4.78 is 33.3. The molecule has 1 N–H and O–H groups in total. The van der Waals surface area contributed by atoms with Crippen LogP contribution in [-0.4, -0.2) is 19.7 Å². The number of alkyl halides is 1. The number of likely N-dealkylation sites (N-methyl/N-ethyl adjacent to an activating group) is 1. The van der Waals surface area contributed by atoms with E-state index in [9.17, 15) is 8.78 Å².